The fourth-order valence-electron chi connectivity index (χ4n) is 2.64. The lowest BCUT2D eigenvalue weighted by molar-refractivity contribution is 0.719. The van der Waals surface area contributed by atoms with Crippen LogP contribution in [0.4, 0.5) is 0 Å². The number of rotatable bonds is 6. The van der Waals surface area contributed by atoms with Gasteiger partial charge < -0.3 is 0 Å². The molecule has 0 atom stereocenters. The standard InChI is InChI=1S/C22H25N3/c1-6-24-17(2)20-14-12-18(16-25-20)13-15-21(23-5)22(3,4)19-10-8-7-9-11-19/h6-16H,2H2,1,3-5H3/b15-13+,23-21?,24-6?. The minimum Gasteiger partial charge on any atom is -0.292 e. The van der Waals surface area contributed by atoms with Gasteiger partial charge in [0.15, 0.2) is 0 Å². The van der Waals surface area contributed by atoms with Crippen molar-refractivity contribution in [3.05, 3.63) is 78.1 Å². The molecule has 0 aliphatic carbocycles. The van der Waals surface area contributed by atoms with Crippen molar-refractivity contribution in [2.75, 3.05) is 7.05 Å². The first-order valence-corrected chi connectivity index (χ1v) is 8.34. The molecule has 0 fully saturated rings. The highest BCUT2D eigenvalue weighted by Gasteiger charge is 2.24. The Bertz CT molecular complexity index is 795. The van der Waals surface area contributed by atoms with Crippen LogP contribution in [0, 0.1) is 0 Å². The molecule has 0 N–H and O–H groups in total. The summed E-state index contributed by atoms with van der Waals surface area (Å²) in [5, 5.41) is 0. The average molecular weight is 331 g/mol. The first-order chi connectivity index (χ1) is 12.0. The van der Waals surface area contributed by atoms with Crippen molar-refractivity contribution in [2.24, 2.45) is 9.98 Å². The summed E-state index contributed by atoms with van der Waals surface area (Å²) >= 11 is 0. The molecular weight excluding hydrogens is 306 g/mol. The van der Waals surface area contributed by atoms with Gasteiger partial charge in [-0.1, -0.05) is 62.9 Å². The Kier molecular flexibility index (Phi) is 6.18. The molecule has 0 bridgehead atoms. The molecule has 0 saturated heterocycles. The molecule has 0 saturated carbocycles. The lowest BCUT2D eigenvalue weighted by atomic mass is 9.79. The summed E-state index contributed by atoms with van der Waals surface area (Å²) in [6.45, 7) is 10.1. The molecule has 1 aromatic carbocycles. The van der Waals surface area contributed by atoms with Crippen LogP contribution < -0.4 is 0 Å². The van der Waals surface area contributed by atoms with Crippen molar-refractivity contribution in [3.63, 3.8) is 0 Å². The van der Waals surface area contributed by atoms with E-state index in [0.29, 0.717) is 5.70 Å². The van der Waals surface area contributed by atoms with Crippen molar-refractivity contribution in [1.82, 2.24) is 4.98 Å². The number of benzene rings is 1. The molecule has 128 valence electrons. The van der Waals surface area contributed by atoms with Crippen LogP contribution in [0.5, 0.6) is 0 Å². The second-order valence-electron chi connectivity index (χ2n) is 6.24. The van der Waals surface area contributed by atoms with E-state index in [4.69, 9.17) is 0 Å². The van der Waals surface area contributed by atoms with Crippen molar-refractivity contribution in [2.45, 2.75) is 26.2 Å². The number of pyridine rings is 1. The summed E-state index contributed by atoms with van der Waals surface area (Å²) in [5.41, 5.74) is 4.56. The summed E-state index contributed by atoms with van der Waals surface area (Å²) in [5.74, 6) is 0. The Labute approximate surface area is 150 Å². The van der Waals surface area contributed by atoms with Gasteiger partial charge in [0.2, 0.25) is 0 Å². The zero-order valence-corrected chi connectivity index (χ0v) is 15.4. The average Bonchev–Trinajstić information content (AvgIpc) is 2.63. The van der Waals surface area contributed by atoms with Gasteiger partial charge in [-0.05, 0) is 30.2 Å². The first-order valence-electron chi connectivity index (χ1n) is 8.34. The smallest absolute Gasteiger partial charge is 0.0880 e. The summed E-state index contributed by atoms with van der Waals surface area (Å²) in [6.07, 6.45) is 7.64. The van der Waals surface area contributed by atoms with Crippen LogP contribution in [0.1, 0.15) is 37.6 Å². The molecule has 1 aromatic heterocycles. The van der Waals surface area contributed by atoms with E-state index in [1.54, 1.807) is 6.21 Å². The molecule has 0 unspecified atom stereocenters. The summed E-state index contributed by atoms with van der Waals surface area (Å²) < 4.78 is 0. The Morgan fingerprint density at radius 3 is 2.40 bits per heavy atom. The monoisotopic (exact) mass is 331 g/mol. The topological polar surface area (TPSA) is 37.6 Å². The molecular formula is C22H25N3. The molecule has 0 spiro atoms. The Morgan fingerprint density at radius 1 is 1.12 bits per heavy atom. The van der Waals surface area contributed by atoms with Crippen molar-refractivity contribution in [3.8, 4) is 0 Å². The Morgan fingerprint density at radius 2 is 1.84 bits per heavy atom. The Balaban J connectivity index is 2.20. The molecule has 3 nitrogen and oxygen atoms in total. The second-order valence-corrected chi connectivity index (χ2v) is 6.24. The van der Waals surface area contributed by atoms with Crippen molar-refractivity contribution in [1.29, 1.82) is 0 Å². The van der Waals surface area contributed by atoms with Crippen LogP contribution >= 0.6 is 0 Å². The number of allylic oxidation sites excluding steroid dienone is 1. The van der Waals surface area contributed by atoms with Gasteiger partial charge in [0, 0.05) is 30.6 Å². The van der Waals surface area contributed by atoms with E-state index in [1.807, 2.05) is 44.4 Å². The predicted octanol–water partition coefficient (Wildman–Crippen LogP) is 5.20. The SMILES string of the molecule is C=C(N=CC)c1ccc(/C=C/C(=NC)C(C)(C)c2ccccc2)cn1. The van der Waals surface area contributed by atoms with E-state index in [9.17, 15) is 0 Å². The predicted molar refractivity (Wildman–Crippen MR) is 109 cm³/mol. The molecule has 2 aromatic rings. The summed E-state index contributed by atoms with van der Waals surface area (Å²) in [4.78, 5) is 13.1. The Hall–Kier alpha value is -2.81. The van der Waals surface area contributed by atoms with Gasteiger partial charge in [-0.2, -0.15) is 0 Å². The van der Waals surface area contributed by atoms with Crippen LogP contribution in [0.2, 0.25) is 0 Å². The molecule has 1 heterocycles. The van der Waals surface area contributed by atoms with Crippen LogP contribution in [0.25, 0.3) is 11.8 Å². The minimum atomic E-state index is -0.163. The van der Waals surface area contributed by atoms with Gasteiger partial charge in [-0.25, -0.2) is 0 Å². The van der Waals surface area contributed by atoms with Gasteiger partial charge in [0.1, 0.15) is 0 Å². The molecule has 0 aliphatic heterocycles. The normalized spacial score (nSPS) is 12.9. The molecule has 0 amide bonds. The third-order valence-electron chi connectivity index (χ3n) is 4.18. The van der Waals surface area contributed by atoms with Gasteiger partial charge in [-0.15, -0.1) is 0 Å². The number of aliphatic imine (C=N–C) groups is 2. The van der Waals surface area contributed by atoms with Crippen molar-refractivity contribution < 1.29 is 0 Å². The van der Waals surface area contributed by atoms with E-state index in [0.717, 1.165) is 17.0 Å². The lowest BCUT2D eigenvalue weighted by Crippen LogP contribution is -2.27. The van der Waals surface area contributed by atoms with Crippen molar-refractivity contribution >= 4 is 23.7 Å². The van der Waals surface area contributed by atoms with Crippen LogP contribution in [-0.4, -0.2) is 24.0 Å². The molecule has 2 rings (SSSR count). The molecule has 3 heteroatoms. The van der Waals surface area contributed by atoms with E-state index in [1.165, 1.54) is 5.56 Å². The fourth-order valence-corrected chi connectivity index (χ4v) is 2.64. The highest BCUT2D eigenvalue weighted by molar-refractivity contribution is 6.05. The van der Waals surface area contributed by atoms with E-state index in [-0.39, 0.29) is 5.41 Å². The summed E-state index contributed by atoms with van der Waals surface area (Å²) in [7, 11) is 1.83. The quantitative estimate of drug-likeness (QED) is 0.670. The zero-order chi connectivity index (χ0) is 18.3. The maximum absolute atomic E-state index is 4.50. The van der Waals surface area contributed by atoms with Gasteiger partial charge in [-0.3, -0.25) is 15.0 Å². The molecule has 0 aliphatic rings. The van der Waals surface area contributed by atoms with Gasteiger partial charge in [0.25, 0.3) is 0 Å². The van der Waals surface area contributed by atoms with Crippen LogP contribution in [0.3, 0.4) is 0 Å². The highest BCUT2D eigenvalue weighted by Crippen LogP contribution is 2.26. The van der Waals surface area contributed by atoms with Crippen LogP contribution in [-0.2, 0) is 5.41 Å². The maximum atomic E-state index is 4.50. The number of hydrogen-bond acceptors (Lipinski definition) is 3. The van der Waals surface area contributed by atoms with Crippen LogP contribution in [0.15, 0.2) is 71.3 Å². The minimum absolute atomic E-state index is 0.163. The summed E-state index contributed by atoms with van der Waals surface area (Å²) in [6, 6.07) is 14.4. The number of hydrogen-bond donors (Lipinski definition) is 0. The lowest BCUT2D eigenvalue weighted by Gasteiger charge is -2.25. The van der Waals surface area contributed by atoms with Gasteiger partial charge >= 0.3 is 0 Å². The fraction of sp³-hybridized carbons (Fsp3) is 0.227. The third kappa shape index (κ3) is 4.60. The third-order valence-corrected chi connectivity index (χ3v) is 4.18. The highest BCUT2D eigenvalue weighted by atomic mass is 14.8. The molecule has 25 heavy (non-hydrogen) atoms. The first kappa shape index (κ1) is 18.5. The maximum Gasteiger partial charge on any atom is 0.0880 e. The van der Waals surface area contributed by atoms with Gasteiger partial charge in [0.05, 0.1) is 11.4 Å². The second kappa shape index (κ2) is 8.34. The largest absolute Gasteiger partial charge is 0.292 e. The zero-order valence-electron chi connectivity index (χ0n) is 15.4. The van der Waals surface area contributed by atoms with E-state index >= 15 is 0 Å². The number of nitrogens with zero attached hydrogens (tertiary/aromatic N) is 3. The molecule has 0 radical (unpaired) electrons. The van der Waals surface area contributed by atoms with E-state index < -0.39 is 0 Å². The van der Waals surface area contributed by atoms with E-state index in [2.05, 4.69) is 65.7 Å². The number of aromatic nitrogens is 1.